The molecule has 0 saturated heterocycles. The average molecular weight is 528 g/mol. The van der Waals surface area contributed by atoms with Crippen LogP contribution in [0.15, 0.2) is 36.8 Å². The Hall–Kier alpha value is -4.68. The number of nitrogens with one attached hydrogen (secondary N) is 2. The van der Waals surface area contributed by atoms with Crippen molar-refractivity contribution in [3.63, 3.8) is 0 Å². The summed E-state index contributed by atoms with van der Waals surface area (Å²) in [5, 5.41) is 9.69. The topological polar surface area (TPSA) is 116 Å². The first-order chi connectivity index (χ1) is 18.3. The number of rotatable bonds is 9. The number of ether oxygens (including phenoxy) is 2. The van der Waals surface area contributed by atoms with Gasteiger partial charge in [0.25, 0.3) is 5.91 Å². The van der Waals surface area contributed by atoms with Crippen molar-refractivity contribution in [1.82, 2.24) is 30.0 Å². The maximum Gasteiger partial charge on any atom is 0.254 e. The van der Waals surface area contributed by atoms with E-state index < -0.39 is 17.5 Å². The highest BCUT2D eigenvalue weighted by molar-refractivity contribution is 5.99. The third kappa shape index (κ3) is 5.21. The van der Waals surface area contributed by atoms with Crippen LogP contribution >= 0.6 is 0 Å². The van der Waals surface area contributed by atoms with Crippen molar-refractivity contribution in [1.29, 1.82) is 0 Å². The monoisotopic (exact) mass is 527 g/mol. The summed E-state index contributed by atoms with van der Waals surface area (Å²) >= 11 is 0. The molecule has 0 aliphatic carbocycles. The summed E-state index contributed by atoms with van der Waals surface area (Å²) in [6.07, 6.45) is 4.16. The first-order valence-electron chi connectivity index (χ1n) is 11.4. The van der Waals surface area contributed by atoms with Crippen LogP contribution in [0.25, 0.3) is 11.5 Å². The number of carbonyl (C=O) groups excluding carboxylic acids is 1. The minimum atomic E-state index is -0.846. The second kappa shape index (κ2) is 11.2. The second-order valence-electron chi connectivity index (χ2n) is 7.94. The molecule has 2 N–H and O–H groups in total. The highest BCUT2D eigenvalue weighted by Gasteiger charge is 2.23. The smallest absolute Gasteiger partial charge is 0.254 e. The van der Waals surface area contributed by atoms with E-state index in [0.29, 0.717) is 5.69 Å². The fraction of sp³-hybridized carbons (Fsp3) is 0.240. The second-order valence-corrected chi connectivity index (χ2v) is 7.94. The Kier molecular flexibility index (Phi) is 7.74. The van der Waals surface area contributed by atoms with Crippen molar-refractivity contribution >= 4 is 17.4 Å². The summed E-state index contributed by atoms with van der Waals surface area (Å²) < 4.78 is 56.1. The Labute approximate surface area is 215 Å². The molecule has 3 heterocycles. The molecule has 0 spiro atoms. The van der Waals surface area contributed by atoms with Gasteiger partial charge >= 0.3 is 0 Å². The van der Waals surface area contributed by atoms with Crippen LogP contribution in [0.2, 0.25) is 0 Å². The molecule has 0 fully saturated rings. The van der Waals surface area contributed by atoms with Crippen molar-refractivity contribution in [2.24, 2.45) is 0 Å². The van der Waals surface area contributed by atoms with E-state index >= 15 is 4.39 Å². The summed E-state index contributed by atoms with van der Waals surface area (Å²) in [6.45, 7) is 2.99. The van der Waals surface area contributed by atoms with Crippen molar-refractivity contribution in [2.45, 2.75) is 20.4 Å². The van der Waals surface area contributed by atoms with Crippen molar-refractivity contribution in [3.8, 4) is 23.0 Å². The van der Waals surface area contributed by atoms with E-state index in [9.17, 15) is 13.6 Å². The van der Waals surface area contributed by atoms with Gasteiger partial charge in [0.15, 0.2) is 28.9 Å². The van der Waals surface area contributed by atoms with Crippen LogP contribution in [0, 0.1) is 24.4 Å². The maximum atomic E-state index is 15.2. The number of aromatic nitrogens is 5. The molecule has 4 aromatic rings. The van der Waals surface area contributed by atoms with E-state index in [1.165, 1.54) is 39.7 Å². The molecule has 1 aromatic carbocycles. The number of pyridine rings is 1. The van der Waals surface area contributed by atoms with Crippen LogP contribution in [-0.2, 0) is 6.54 Å². The molecular formula is C25H24F3N7O3. The van der Waals surface area contributed by atoms with Gasteiger partial charge in [-0.1, -0.05) is 0 Å². The Morgan fingerprint density at radius 3 is 2.55 bits per heavy atom. The predicted molar refractivity (Wildman–Crippen MR) is 132 cm³/mol. The molecule has 0 bridgehead atoms. The molecule has 0 unspecified atom stereocenters. The molecule has 0 aliphatic rings. The number of hydrogen-bond donors (Lipinski definition) is 2. The zero-order valence-corrected chi connectivity index (χ0v) is 21.0. The van der Waals surface area contributed by atoms with E-state index in [-0.39, 0.29) is 64.7 Å². The molecule has 10 nitrogen and oxygen atoms in total. The van der Waals surface area contributed by atoms with E-state index in [0.717, 1.165) is 16.8 Å². The number of amides is 1. The molecule has 13 heteroatoms. The lowest BCUT2D eigenvalue weighted by atomic mass is 10.2. The molecular weight excluding hydrogens is 503 g/mol. The maximum absolute atomic E-state index is 15.2. The van der Waals surface area contributed by atoms with Gasteiger partial charge < -0.3 is 20.1 Å². The highest BCUT2D eigenvalue weighted by atomic mass is 19.1. The van der Waals surface area contributed by atoms with Crippen LogP contribution in [-0.4, -0.2) is 51.4 Å². The molecule has 4 rings (SSSR count). The quantitative estimate of drug-likeness (QED) is 0.335. The summed E-state index contributed by atoms with van der Waals surface area (Å²) in [5.41, 5.74) is 0.0933. The zero-order valence-electron chi connectivity index (χ0n) is 21.0. The largest absolute Gasteiger partial charge is 0.494 e. The fourth-order valence-corrected chi connectivity index (χ4v) is 3.62. The zero-order chi connectivity index (χ0) is 27.4. The van der Waals surface area contributed by atoms with Gasteiger partial charge in [0, 0.05) is 37.1 Å². The fourth-order valence-electron chi connectivity index (χ4n) is 3.62. The van der Waals surface area contributed by atoms with Crippen molar-refractivity contribution in [3.05, 3.63) is 71.1 Å². The molecule has 3 aromatic heterocycles. The number of methoxy groups -OCH3 is 1. The van der Waals surface area contributed by atoms with Gasteiger partial charge in [-0.25, -0.2) is 23.1 Å². The number of benzene rings is 1. The number of hydrogen-bond acceptors (Lipinski definition) is 8. The first kappa shape index (κ1) is 26.4. The molecule has 0 saturated carbocycles. The van der Waals surface area contributed by atoms with Crippen LogP contribution in [0.3, 0.4) is 0 Å². The number of carbonyl (C=O) groups is 1. The third-order valence-corrected chi connectivity index (χ3v) is 5.60. The van der Waals surface area contributed by atoms with Gasteiger partial charge in [-0.15, -0.1) is 0 Å². The first-order valence-corrected chi connectivity index (χ1v) is 11.4. The van der Waals surface area contributed by atoms with Gasteiger partial charge in [-0.2, -0.15) is 5.10 Å². The Balaban J connectivity index is 1.70. The Morgan fingerprint density at radius 2 is 1.89 bits per heavy atom. The van der Waals surface area contributed by atoms with E-state index in [4.69, 9.17) is 9.47 Å². The van der Waals surface area contributed by atoms with Gasteiger partial charge in [0.2, 0.25) is 0 Å². The lowest BCUT2D eigenvalue weighted by molar-refractivity contribution is 0.0963. The van der Waals surface area contributed by atoms with Crippen LogP contribution in [0.1, 0.15) is 28.5 Å². The number of anilines is 2. The van der Waals surface area contributed by atoms with Gasteiger partial charge in [-0.3, -0.25) is 14.5 Å². The molecule has 1 amide bonds. The standard InChI is InChI=1S/C25H24F3N7O3/c1-5-38-14-8-17(26)16(18(27)9-14)12-35-13(2)21(28)22(34-35)24-31-11-20(37-4)23(33-24)32-19-6-7-30-10-15(19)25(36)29-3/h6-11H,5,12H2,1-4H3,(H,29,36)(H,30,31,32,33). The molecule has 0 radical (unpaired) electrons. The third-order valence-electron chi connectivity index (χ3n) is 5.60. The predicted octanol–water partition coefficient (Wildman–Crippen LogP) is 4.02. The van der Waals surface area contributed by atoms with Gasteiger partial charge in [-0.05, 0) is 19.9 Å². The van der Waals surface area contributed by atoms with Crippen molar-refractivity contribution < 1.29 is 27.4 Å². The average Bonchev–Trinajstić information content (AvgIpc) is 3.19. The Morgan fingerprint density at radius 1 is 1.16 bits per heavy atom. The normalized spacial score (nSPS) is 10.8. The summed E-state index contributed by atoms with van der Waals surface area (Å²) in [7, 11) is 2.88. The van der Waals surface area contributed by atoms with E-state index in [2.05, 4.69) is 30.7 Å². The highest BCUT2D eigenvalue weighted by Crippen LogP contribution is 2.30. The lowest BCUT2D eigenvalue weighted by Crippen LogP contribution is -2.19. The van der Waals surface area contributed by atoms with Crippen LogP contribution < -0.4 is 20.1 Å². The molecule has 0 atom stereocenters. The minimum absolute atomic E-state index is 0.0256. The summed E-state index contributed by atoms with van der Waals surface area (Å²) in [6, 6.07) is 3.69. The van der Waals surface area contributed by atoms with Crippen LogP contribution in [0.4, 0.5) is 24.7 Å². The number of halogens is 3. The van der Waals surface area contributed by atoms with Gasteiger partial charge in [0.05, 0.1) is 43.4 Å². The van der Waals surface area contributed by atoms with Crippen molar-refractivity contribution in [2.75, 3.05) is 26.1 Å². The van der Waals surface area contributed by atoms with Gasteiger partial charge in [0.1, 0.15) is 17.4 Å². The van der Waals surface area contributed by atoms with E-state index in [1.807, 2.05) is 0 Å². The lowest BCUT2D eigenvalue weighted by Gasteiger charge is -2.13. The summed E-state index contributed by atoms with van der Waals surface area (Å²) in [5.74, 6) is -2.56. The molecule has 0 aliphatic heterocycles. The minimum Gasteiger partial charge on any atom is -0.494 e. The SMILES string of the molecule is CCOc1cc(F)c(Cn2nc(-c3ncc(OC)c(Nc4ccncc4C(=O)NC)n3)c(F)c2C)c(F)c1. The van der Waals surface area contributed by atoms with E-state index in [1.54, 1.807) is 13.0 Å². The Bertz CT molecular complexity index is 1470. The molecule has 198 valence electrons. The van der Waals surface area contributed by atoms with Crippen LogP contribution in [0.5, 0.6) is 11.5 Å². The summed E-state index contributed by atoms with van der Waals surface area (Å²) in [4.78, 5) is 24.7. The number of nitrogens with zero attached hydrogens (tertiary/aromatic N) is 5. The molecule has 38 heavy (non-hydrogen) atoms.